The summed E-state index contributed by atoms with van der Waals surface area (Å²) in [4.78, 5) is 9.96. The van der Waals surface area contributed by atoms with Gasteiger partial charge in [0, 0.05) is 35.4 Å². The van der Waals surface area contributed by atoms with Gasteiger partial charge >= 0.3 is 0 Å². The molecule has 1 aliphatic rings. The first-order valence-corrected chi connectivity index (χ1v) is 10.1. The summed E-state index contributed by atoms with van der Waals surface area (Å²) in [6, 6.07) is 12.7. The van der Waals surface area contributed by atoms with E-state index in [9.17, 15) is 0 Å². The van der Waals surface area contributed by atoms with Crippen LogP contribution in [-0.2, 0) is 16.5 Å². The summed E-state index contributed by atoms with van der Waals surface area (Å²) in [6.07, 6.45) is 0. The predicted molar refractivity (Wildman–Crippen MR) is 124 cm³/mol. The van der Waals surface area contributed by atoms with E-state index >= 15 is 0 Å². The van der Waals surface area contributed by atoms with E-state index in [0.717, 1.165) is 33.0 Å². The molecule has 0 spiro atoms. The van der Waals surface area contributed by atoms with Crippen LogP contribution in [0.5, 0.6) is 0 Å². The molecule has 0 radical (unpaired) electrons. The molecule has 0 saturated carbocycles. The first-order valence-electron chi connectivity index (χ1n) is 8.12. The Morgan fingerprint density at radius 1 is 0.667 bits per heavy atom. The molecular weight excluding hydrogens is 415 g/mol. The summed E-state index contributed by atoms with van der Waals surface area (Å²) in [5.74, 6) is 2.17. The maximum Gasteiger partial charge on any atom is 0.129 e. The Kier molecular flexibility index (Phi) is 11.1. The average Bonchev–Trinajstić information content (AvgIpc) is 2.56. The Morgan fingerprint density at radius 3 is 1.26 bits per heavy atom. The van der Waals surface area contributed by atoms with Crippen LogP contribution in [0.4, 0.5) is 11.4 Å². The average molecular weight is 443 g/mol. The van der Waals surface area contributed by atoms with E-state index in [-0.39, 0.29) is 31.3 Å². The molecule has 0 N–H and O–H groups in total. The normalized spacial score (nSPS) is 16.3. The van der Waals surface area contributed by atoms with Crippen molar-refractivity contribution in [3.8, 4) is 0 Å². The van der Waals surface area contributed by atoms with E-state index in [1.165, 1.54) is 22.3 Å². The van der Waals surface area contributed by atoms with E-state index in [1.807, 2.05) is 23.5 Å². The van der Waals surface area contributed by atoms with E-state index in [2.05, 4.69) is 64.1 Å². The summed E-state index contributed by atoms with van der Waals surface area (Å²) in [5.41, 5.74) is 7.01. The van der Waals surface area contributed by atoms with Gasteiger partial charge in [0.25, 0.3) is 0 Å². The Labute approximate surface area is 183 Å². The van der Waals surface area contributed by atoms with Crippen molar-refractivity contribution in [3.63, 3.8) is 0 Å². The summed E-state index contributed by atoms with van der Waals surface area (Å²) < 4.78 is 0. The van der Waals surface area contributed by atoms with Crippen molar-refractivity contribution in [2.45, 2.75) is 27.7 Å². The van der Waals surface area contributed by atoms with Crippen molar-refractivity contribution in [2.24, 2.45) is 9.98 Å². The molecule has 148 valence electrons. The predicted octanol–water partition coefficient (Wildman–Crippen LogP) is 7.06. The fraction of sp³-hybridized carbons (Fsp3) is 0.273. The fourth-order valence-electron chi connectivity index (χ4n) is 2.73. The maximum atomic E-state index is 4.98. The van der Waals surface area contributed by atoms with Crippen molar-refractivity contribution < 1.29 is 16.5 Å². The van der Waals surface area contributed by atoms with Gasteiger partial charge in [-0.25, -0.2) is 9.98 Å². The second-order valence-electron chi connectivity index (χ2n) is 6.01. The Morgan fingerprint density at radius 2 is 0.963 bits per heavy atom. The topological polar surface area (TPSA) is 24.7 Å². The molecular formula is C22H28N2NiS2. The van der Waals surface area contributed by atoms with Crippen molar-refractivity contribution in [3.05, 3.63) is 73.5 Å². The largest absolute Gasteiger partial charge is 0.358 e. The van der Waals surface area contributed by atoms with Gasteiger partial charge < -0.3 is 7.43 Å². The van der Waals surface area contributed by atoms with Crippen LogP contribution < -0.4 is 0 Å². The Hall–Kier alpha value is -1.16. The standard InChI is InChI=1S/C20H22N2S2.2CH3.Ni/c1-13-7-5-8-14(2)17(13)21-19-20(24-12-11-23-19)22-18-15(3)9-6-10-16(18)4;;;/h5-10H,11-12H2,1-4H3;2*1H3;/q;-1;+1;. The third-order valence-corrected chi connectivity index (χ3v) is 6.37. The van der Waals surface area contributed by atoms with Crippen LogP contribution in [0.2, 0.25) is 0 Å². The van der Waals surface area contributed by atoms with Gasteiger partial charge in [-0.1, -0.05) is 36.4 Å². The molecule has 5 heteroatoms. The monoisotopic (exact) mass is 442 g/mol. The SMILES string of the molecule is Cc1cccc(C)c1N=C1SCCSC1=Nc1c(C)cccc1C.[CH3+].[CH3-].[Ni]. The fourth-order valence-corrected chi connectivity index (χ4v) is 4.78. The van der Waals surface area contributed by atoms with Crippen LogP contribution >= 0.6 is 23.5 Å². The molecule has 2 aromatic rings. The zero-order chi connectivity index (χ0) is 17.1. The van der Waals surface area contributed by atoms with Crippen LogP contribution in [0.1, 0.15) is 22.3 Å². The van der Waals surface area contributed by atoms with E-state index in [4.69, 9.17) is 9.98 Å². The number of hydrogen-bond donors (Lipinski definition) is 0. The van der Waals surface area contributed by atoms with Crippen molar-refractivity contribution in [1.82, 2.24) is 0 Å². The van der Waals surface area contributed by atoms with Crippen LogP contribution in [0, 0.1) is 42.5 Å². The molecule has 1 heterocycles. The van der Waals surface area contributed by atoms with Gasteiger partial charge in [-0.2, -0.15) is 0 Å². The minimum atomic E-state index is 0. The molecule has 27 heavy (non-hydrogen) atoms. The number of benzene rings is 2. The first-order chi connectivity index (χ1) is 11.6. The van der Waals surface area contributed by atoms with Crippen molar-refractivity contribution >= 4 is 45.0 Å². The first kappa shape index (κ1) is 25.8. The van der Waals surface area contributed by atoms with E-state index in [0.29, 0.717) is 0 Å². The number of hydrogen-bond acceptors (Lipinski definition) is 4. The molecule has 1 saturated heterocycles. The van der Waals surface area contributed by atoms with Gasteiger partial charge in [0.05, 0.1) is 11.4 Å². The van der Waals surface area contributed by atoms with Gasteiger partial charge in [0.2, 0.25) is 0 Å². The minimum absolute atomic E-state index is 0. The zero-order valence-corrected chi connectivity index (χ0v) is 19.5. The number of thioether (sulfide) groups is 2. The third kappa shape index (κ3) is 6.17. The minimum Gasteiger partial charge on any atom is -0.358 e. The van der Waals surface area contributed by atoms with Gasteiger partial charge in [-0.05, 0) is 49.9 Å². The zero-order valence-electron chi connectivity index (χ0n) is 16.9. The molecule has 0 aromatic heterocycles. The molecule has 2 aromatic carbocycles. The summed E-state index contributed by atoms with van der Waals surface area (Å²) in [6.45, 7) is 8.48. The van der Waals surface area contributed by atoms with Gasteiger partial charge in [-0.15, -0.1) is 23.5 Å². The summed E-state index contributed by atoms with van der Waals surface area (Å²) in [7, 11) is 0. The number of nitrogens with zero attached hydrogens (tertiary/aromatic N) is 2. The van der Waals surface area contributed by atoms with Crippen LogP contribution in [0.3, 0.4) is 0 Å². The smallest absolute Gasteiger partial charge is 0.129 e. The van der Waals surface area contributed by atoms with Crippen molar-refractivity contribution in [2.75, 3.05) is 11.5 Å². The van der Waals surface area contributed by atoms with Gasteiger partial charge in [0.1, 0.15) is 10.1 Å². The number of aryl methyl sites for hydroxylation is 4. The second kappa shape index (κ2) is 11.6. The Balaban J connectivity index is 0.00000225. The molecule has 0 aliphatic carbocycles. The van der Waals surface area contributed by atoms with Crippen LogP contribution in [-0.4, -0.2) is 21.6 Å². The molecule has 0 atom stereocenters. The molecule has 0 unspecified atom stereocenters. The maximum absolute atomic E-state index is 4.98. The van der Waals surface area contributed by atoms with Crippen LogP contribution in [0.15, 0.2) is 46.4 Å². The Bertz CT molecular complexity index is 719. The van der Waals surface area contributed by atoms with E-state index in [1.54, 1.807) is 0 Å². The van der Waals surface area contributed by atoms with Gasteiger partial charge in [-0.3, -0.25) is 0 Å². The molecule has 0 amide bonds. The van der Waals surface area contributed by atoms with E-state index < -0.39 is 0 Å². The molecule has 3 rings (SSSR count). The second-order valence-corrected chi connectivity index (χ2v) is 8.18. The molecule has 1 aliphatic heterocycles. The van der Waals surface area contributed by atoms with Crippen LogP contribution in [0.25, 0.3) is 0 Å². The molecule has 0 bridgehead atoms. The van der Waals surface area contributed by atoms with Gasteiger partial charge in [0.15, 0.2) is 0 Å². The number of para-hydroxylation sites is 2. The molecule has 2 nitrogen and oxygen atoms in total. The summed E-state index contributed by atoms with van der Waals surface area (Å²) in [5, 5.41) is 2.10. The summed E-state index contributed by atoms with van der Waals surface area (Å²) >= 11 is 3.63. The van der Waals surface area contributed by atoms with Crippen molar-refractivity contribution in [1.29, 1.82) is 0 Å². The quantitative estimate of drug-likeness (QED) is 0.367. The number of aliphatic imine (C=N–C) groups is 2. The molecule has 1 fully saturated rings. The third-order valence-electron chi connectivity index (χ3n) is 4.05. The number of rotatable bonds is 2.